The van der Waals surface area contributed by atoms with Gasteiger partial charge in [-0.1, -0.05) is 30.3 Å². The summed E-state index contributed by atoms with van der Waals surface area (Å²) >= 11 is 0. The van der Waals surface area contributed by atoms with E-state index in [0.29, 0.717) is 25.6 Å². The van der Waals surface area contributed by atoms with Crippen molar-refractivity contribution in [2.75, 3.05) is 33.7 Å². The van der Waals surface area contributed by atoms with Crippen LogP contribution < -0.4 is 5.32 Å². The maximum Gasteiger partial charge on any atom is 0.281 e. The highest BCUT2D eigenvalue weighted by Gasteiger charge is 2.29. The van der Waals surface area contributed by atoms with Gasteiger partial charge in [0, 0.05) is 39.8 Å². The lowest BCUT2D eigenvalue weighted by atomic mass is 9.98. The van der Waals surface area contributed by atoms with E-state index in [1.165, 1.54) is 14.7 Å². The van der Waals surface area contributed by atoms with Crippen molar-refractivity contribution in [1.29, 1.82) is 0 Å². The lowest BCUT2D eigenvalue weighted by Gasteiger charge is -2.32. The number of amides is 1. The van der Waals surface area contributed by atoms with E-state index in [0.717, 1.165) is 18.4 Å². The number of benzene rings is 1. The highest BCUT2D eigenvalue weighted by Crippen LogP contribution is 2.19. The van der Waals surface area contributed by atoms with Crippen LogP contribution in [0.1, 0.15) is 18.4 Å². The molecule has 0 radical (unpaired) electrons. The predicted octanol–water partition coefficient (Wildman–Crippen LogP) is 1.33. The predicted molar refractivity (Wildman–Crippen MR) is 95.4 cm³/mol. The molecule has 1 fully saturated rings. The van der Waals surface area contributed by atoms with Crippen molar-refractivity contribution >= 4 is 22.2 Å². The lowest BCUT2D eigenvalue weighted by Crippen LogP contribution is -2.45. The Hall–Kier alpha value is -1.70. The van der Waals surface area contributed by atoms with Gasteiger partial charge in [-0.05, 0) is 30.4 Å². The molecular formula is C17H25N3O3S. The van der Waals surface area contributed by atoms with E-state index in [1.807, 2.05) is 30.3 Å². The van der Waals surface area contributed by atoms with Crippen molar-refractivity contribution in [3.8, 4) is 0 Å². The molecule has 24 heavy (non-hydrogen) atoms. The number of nitrogens with one attached hydrogen (secondary N) is 1. The fourth-order valence-electron chi connectivity index (χ4n) is 2.61. The number of hydrogen-bond donors (Lipinski definition) is 1. The molecule has 2 rings (SSSR count). The van der Waals surface area contributed by atoms with Crippen LogP contribution in [0.4, 0.5) is 0 Å². The summed E-state index contributed by atoms with van der Waals surface area (Å²) in [6.45, 7) is 1.58. The van der Waals surface area contributed by atoms with Crippen molar-refractivity contribution < 1.29 is 13.2 Å². The molecule has 1 aromatic carbocycles. The minimum atomic E-state index is -3.33. The Morgan fingerprint density at radius 2 is 1.88 bits per heavy atom. The first-order valence-electron chi connectivity index (χ1n) is 8.08. The molecule has 132 valence electrons. The van der Waals surface area contributed by atoms with Gasteiger partial charge in [0.25, 0.3) is 10.2 Å². The zero-order chi connectivity index (χ0) is 17.6. The summed E-state index contributed by atoms with van der Waals surface area (Å²) in [5.74, 6) is 0.190. The van der Waals surface area contributed by atoms with Gasteiger partial charge in [-0.15, -0.1) is 0 Å². The van der Waals surface area contributed by atoms with E-state index in [1.54, 1.807) is 20.2 Å². The second kappa shape index (κ2) is 8.41. The van der Waals surface area contributed by atoms with E-state index >= 15 is 0 Å². The molecule has 1 amide bonds. The Bertz CT molecular complexity index is 664. The molecule has 0 spiro atoms. The smallest absolute Gasteiger partial charge is 0.281 e. The van der Waals surface area contributed by atoms with Crippen molar-refractivity contribution in [3.63, 3.8) is 0 Å². The third-order valence-corrected chi connectivity index (χ3v) is 6.09. The standard InChI is InChI=1S/C17H25N3O3S/c1-19(2)24(22,23)20-12-10-16(11-13-20)14-18-17(21)9-8-15-6-4-3-5-7-15/h3-9,16H,10-14H2,1-2H3,(H,18,21)/b9-8+. The molecule has 1 aliphatic rings. The van der Waals surface area contributed by atoms with Crippen LogP contribution in [0.25, 0.3) is 6.08 Å². The summed E-state index contributed by atoms with van der Waals surface area (Å²) in [5.41, 5.74) is 0.981. The minimum Gasteiger partial charge on any atom is -0.352 e. The van der Waals surface area contributed by atoms with E-state index in [4.69, 9.17) is 0 Å². The van der Waals surface area contributed by atoms with Crippen LogP contribution in [0.2, 0.25) is 0 Å². The quantitative estimate of drug-likeness (QED) is 0.786. The van der Waals surface area contributed by atoms with Crippen LogP contribution in [-0.2, 0) is 15.0 Å². The van der Waals surface area contributed by atoms with E-state index in [9.17, 15) is 13.2 Å². The van der Waals surface area contributed by atoms with Gasteiger partial charge in [-0.2, -0.15) is 17.0 Å². The molecule has 0 unspecified atom stereocenters. The second-order valence-corrected chi connectivity index (χ2v) is 8.26. The first-order valence-corrected chi connectivity index (χ1v) is 9.48. The highest BCUT2D eigenvalue weighted by atomic mass is 32.2. The fraction of sp³-hybridized carbons (Fsp3) is 0.471. The average Bonchev–Trinajstić information content (AvgIpc) is 2.59. The highest BCUT2D eigenvalue weighted by molar-refractivity contribution is 7.86. The van der Waals surface area contributed by atoms with Crippen molar-refractivity contribution in [2.45, 2.75) is 12.8 Å². The zero-order valence-electron chi connectivity index (χ0n) is 14.2. The Morgan fingerprint density at radius 3 is 2.46 bits per heavy atom. The number of hydrogen-bond acceptors (Lipinski definition) is 3. The number of piperidine rings is 1. The average molecular weight is 351 g/mol. The van der Waals surface area contributed by atoms with Gasteiger partial charge in [0.2, 0.25) is 5.91 Å². The molecule has 0 atom stereocenters. The second-order valence-electron chi connectivity index (χ2n) is 6.12. The number of rotatable bonds is 6. The van der Waals surface area contributed by atoms with Gasteiger partial charge in [0.05, 0.1) is 0 Å². The van der Waals surface area contributed by atoms with Crippen LogP contribution >= 0.6 is 0 Å². The van der Waals surface area contributed by atoms with Gasteiger partial charge in [0.1, 0.15) is 0 Å². The van der Waals surface area contributed by atoms with Gasteiger partial charge >= 0.3 is 0 Å². The summed E-state index contributed by atoms with van der Waals surface area (Å²) in [6.07, 6.45) is 4.83. The Morgan fingerprint density at radius 1 is 1.25 bits per heavy atom. The molecule has 1 aromatic rings. The molecular weight excluding hydrogens is 326 g/mol. The van der Waals surface area contributed by atoms with Crippen LogP contribution in [0.15, 0.2) is 36.4 Å². The molecule has 0 bridgehead atoms. The van der Waals surface area contributed by atoms with Crippen LogP contribution in [-0.4, -0.2) is 56.7 Å². The largest absolute Gasteiger partial charge is 0.352 e. The van der Waals surface area contributed by atoms with Crippen molar-refractivity contribution in [2.24, 2.45) is 5.92 Å². The molecule has 1 heterocycles. The zero-order valence-corrected chi connectivity index (χ0v) is 15.0. The SMILES string of the molecule is CN(C)S(=O)(=O)N1CCC(CNC(=O)/C=C/c2ccccc2)CC1. The van der Waals surface area contributed by atoms with Crippen LogP contribution in [0.5, 0.6) is 0 Å². The van der Waals surface area contributed by atoms with Crippen LogP contribution in [0, 0.1) is 5.92 Å². The summed E-state index contributed by atoms with van der Waals surface area (Å²) in [5, 5.41) is 2.89. The fourth-order valence-corrected chi connectivity index (χ4v) is 3.75. The topological polar surface area (TPSA) is 69.7 Å². The van der Waals surface area contributed by atoms with Gasteiger partial charge < -0.3 is 5.32 Å². The first-order chi connectivity index (χ1) is 11.4. The molecule has 0 saturated carbocycles. The first kappa shape index (κ1) is 18.6. The summed E-state index contributed by atoms with van der Waals surface area (Å²) in [7, 11) is -0.241. The van der Waals surface area contributed by atoms with E-state index in [2.05, 4.69) is 5.32 Å². The molecule has 1 saturated heterocycles. The molecule has 0 aromatic heterocycles. The number of nitrogens with zero attached hydrogens (tertiary/aromatic N) is 2. The third-order valence-electron chi connectivity index (χ3n) is 4.15. The maximum absolute atomic E-state index is 12.1. The summed E-state index contributed by atoms with van der Waals surface area (Å²) < 4.78 is 26.8. The summed E-state index contributed by atoms with van der Waals surface area (Å²) in [4.78, 5) is 11.9. The Balaban J connectivity index is 1.75. The van der Waals surface area contributed by atoms with E-state index < -0.39 is 10.2 Å². The van der Waals surface area contributed by atoms with Gasteiger partial charge in [-0.25, -0.2) is 0 Å². The molecule has 7 heteroatoms. The Kier molecular flexibility index (Phi) is 6.53. The monoisotopic (exact) mass is 351 g/mol. The lowest BCUT2D eigenvalue weighted by molar-refractivity contribution is -0.116. The molecule has 1 N–H and O–H groups in total. The summed E-state index contributed by atoms with van der Waals surface area (Å²) in [6, 6.07) is 9.65. The molecule has 1 aliphatic heterocycles. The van der Waals surface area contributed by atoms with Crippen molar-refractivity contribution in [1.82, 2.24) is 13.9 Å². The molecule has 0 aliphatic carbocycles. The van der Waals surface area contributed by atoms with Gasteiger partial charge in [-0.3, -0.25) is 4.79 Å². The Labute approximate surface area is 144 Å². The van der Waals surface area contributed by atoms with Crippen molar-refractivity contribution in [3.05, 3.63) is 42.0 Å². The number of carbonyl (C=O) groups excluding carboxylic acids is 1. The normalized spacial score (nSPS) is 17.5. The van der Waals surface area contributed by atoms with Gasteiger partial charge in [0.15, 0.2) is 0 Å². The minimum absolute atomic E-state index is 0.123. The maximum atomic E-state index is 12.1. The van der Waals surface area contributed by atoms with Crippen LogP contribution in [0.3, 0.4) is 0 Å². The third kappa shape index (κ3) is 5.15. The molecule has 6 nitrogen and oxygen atoms in total. The number of carbonyl (C=O) groups is 1. The van der Waals surface area contributed by atoms with E-state index in [-0.39, 0.29) is 5.91 Å².